The summed E-state index contributed by atoms with van der Waals surface area (Å²) in [7, 11) is 0. The summed E-state index contributed by atoms with van der Waals surface area (Å²) in [6.45, 7) is 0. The summed E-state index contributed by atoms with van der Waals surface area (Å²) in [5, 5.41) is 8.65. The fourth-order valence-electron chi connectivity index (χ4n) is 6.89. The molecule has 3 aromatic heterocycles. The molecular weight excluding hydrogens is 566 g/mol. The molecule has 0 amide bonds. The largest absolute Gasteiger partial charge is 0.456 e. The fraction of sp³-hybridized carbons (Fsp3) is 0. The molecule has 10 rings (SSSR count). The number of rotatable bonds is 3. The predicted octanol–water partition coefficient (Wildman–Crippen LogP) is 11.0. The lowest BCUT2D eigenvalue weighted by atomic mass is 9.98. The number of benzene rings is 7. The van der Waals surface area contributed by atoms with Gasteiger partial charge in [0.2, 0.25) is 0 Å². The normalized spacial score (nSPS) is 11.9. The van der Waals surface area contributed by atoms with E-state index in [0.717, 1.165) is 71.3 Å². The highest BCUT2D eigenvalue weighted by Crippen LogP contribution is 2.40. The minimum Gasteiger partial charge on any atom is -0.456 e. The lowest BCUT2D eigenvalue weighted by molar-refractivity contribution is 0.668. The zero-order valence-electron chi connectivity index (χ0n) is 24.4. The maximum atomic E-state index is 6.25. The molecule has 7 aromatic carbocycles. The molecule has 46 heavy (non-hydrogen) atoms. The SMILES string of the molecule is c1ccc2c(c1)ccc1c(-c3nc(-c4cccc5oc6ccccc6c45)nc(-c4cccc5oc6ccccc6c45)n3)cccc12. The second-order valence-electron chi connectivity index (χ2n) is 11.5. The van der Waals surface area contributed by atoms with E-state index in [4.69, 9.17) is 23.8 Å². The summed E-state index contributed by atoms with van der Waals surface area (Å²) < 4.78 is 12.5. The molecule has 0 atom stereocenters. The second-order valence-corrected chi connectivity index (χ2v) is 11.5. The van der Waals surface area contributed by atoms with Gasteiger partial charge in [-0.1, -0.05) is 115 Å². The van der Waals surface area contributed by atoms with Gasteiger partial charge in [0.05, 0.1) is 0 Å². The quantitative estimate of drug-likeness (QED) is 0.192. The first-order valence-corrected chi connectivity index (χ1v) is 15.3. The molecule has 0 unspecified atom stereocenters. The van der Waals surface area contributed by atoms with E-state index in [1.807, 2.05) is 60.7 Å². The van der Waals surface area contributed by atoms with Gasteiger partial charge in [-0.2, -0.15) is 0 Å². The molecule has 214 valence electrons. The van der Waals surface area contributed by atoms with Crippen molar-refractivity contribution in [3.63, 3.8) is 0 Å². The van der Waals surface area contributed by atoms with Crippen LogP contribution in [0.2, 0.25) is 0 Å². The van der Waals surface area contributed by atoms with Crippen LogP contribution in [0.15, 0.2) is 148 Å². The molecule has 5 heteroatoms. The summed E-state index contributed by atoms with van der Waals surface area (Å²) in [6.07, 6.45) is 0. The number of fused-ring (bicyclic) bond motifs is 9. The predicted molar refractivity (Wildman–Crippen MR) is 186 cm³/mol. The van der Waals surface area contributed by atoms with Gasteiger partial charge < -0.3 is 8.83 Å². The van der Waals surface area contributed by atoms with Crippen molar-refractivity contribution < 1.29 is 8.83 Å². The van der Waals surface area contributed by atoms with Crippen molar-refractivity contribution in [2.45, 2.75) is 0 Å². The Hall–Kier alpha value is -6.33. The van der Waals surface area contributed by atoms with Crippen molar-refractivity contribution in [3.8, 4) is 34.2 Å². The van der Waals surface area contributed by atoms with Gasteiger partial charge in [-0.3, -0.25) is 0 Å². The molecule has 5 nitrogen and oxygen atoms in total. The van der Waals surface area contributed by atoms with Crippen LogP contribution in [0, 0.1) is 0 Å². The van der Waals surface area contributed by atoms with E-state index in [-0.39, 0.29) is 0 Å². The van der Waals surface area contributed by atoms with Gasteiger partial charge in [-0.25, -0.2) is 15.0 Å². The molecule has 0 aliphatic rings. The zero-order valence-corrected chi connectivity index (χ0v) is 24.4. The Balaban J connectivity index is 1.31. The van der Waals surface area contributed by atoms with Crippen LogP contribution in [0.1, 0.15) is 0 Å². The molecule has 0 aliphatic heterocycles. The maximum Gasteiger partial charge on any atom is 0.164 e. The number of aromatic nitrogens is 3. The van der Waals surface area contributed by atoms with Gasteiger partial charge in [0, 0.05) is 38.2 Å². The van der Waals surface area contributed by atoms with E-state index >= 15 is 0 Å². The first kappa shape index (κ1) is 25.0. The Labute approximate surface area is 262 Å². The standard InChI is InChI=1S/C41H23N3O2/c1-2-11-25-24(10-1)22-23-27-26(25)14-7-15-28(27)39-42-40(31-16-8-20-35-37(31)29-12-3-5-18-33(29)45-35)44-41(43-39)32-17-9-21-36-38(32)30-13-4-6-19-34(30)46-36/h1-23H. The third-order valence-corrected chi connectivity index (χ3v) is 8.95. The molecular formula is C41H23N3O2. The summed E-state index contributed by atoms with van der Waals surface area (Å²) in [5.41, 5.74) is 5.97. The van der Waals surface area contributed by atoms with Crippen LogP contribution in [-0.2, 0) is 0 Å². The molecule has 0 spiro atoms. The van der Waals surface area contributed by atoms with Crippen molar-refractivity contribution in [1.82, 2.24) is 15.0 Å². The molecule has 0 bridgehead atoms. The van der Waals surface area contributed by atoms with E-state index in [1.165, 1.54) is 10.8 Å². The van der Waals surface area contributed by atoms with Crippen LogP contribution >= 0.6 is 0 Å². The second kappa shape index (κ2) is 9.58. The third-order valence-electron chi connectivity index (χ3n) is 8.95. The average molecular weight is 590 g/mol. The fourth-order valence-corrected chi connectivity index (χ4v) is 6.89. The van der Waals surface area contributed by atoms with E-state index in [0.29, 0.717) is 17.5 Å². The first-order chi connectivity index (χ1) is 22.8. The minimum absolute atomic E-state index is 0.583. The molecule has 0 radical (unpaired) electrons. The van der Waals surface area contributed by atoms with Crippen LogP contribution in [-0.4, -0.2) is 15.0 Å². The highest BCUT2D eigenvalue weighted by Gasteiger charge is 2.21. The van der Waals surface area contributed by atoms with E-state index in [9.17, 15) is 0 Å². The maximum absolute atomic E-state index is 6.25. The molecule has 10 aromatic rings. The molecule has 0 saturated carbocycles. The number of hydrogen-bond donors (Lipinski definition) is 0. The number of furan rings is 2. The number of hydrogen-bond acceptors (Lipinski definition) is 5. The Kier molecular flexibility index (Phi) is 5.22. The van der Waals surface area contributed by atoms with E-state index in [2.05, 4.69) is 78.9 Å². The van der Waals surface area contributed by atoms with Crippen molar-refractivity contribution in [1.29, 1.82) is 0 Å². The Morgan fingerprint density at radius 3 is 1.39 bits per heavy atom. The molecule has 0 aliphatic carbocycles. The molecule has 0 fully saturated rings. The Morgan fingerprint density at radius 1 is 0.304 bits per heavy atom. The molecule has 0 saturated heterocycles. The van der Waals surface area contributed by atoms with Gasteiger partial charge >= 0.3 is 0 Å². The summed E-state index contributed by atoms with van der Waals surface area (Å²) >= 11 is 0. The van der Waals surface area contributed by atoms with Crippen LogP contribution in [0.5, 0.6) is 0 Å². The monoisotopic (exact) mass is 589 g/mol. The molecule has 0 N–H and O–H groups in total. The molecule has 3 heterocycles. The third kappa shape index (κ3) is 3.66. The Morgan fingerprint density at radius 2 is 0.761 bits per heavy atom. The van der Waals surface area contributed by atoms with Crippen LogP contribution in [0.25, 0.3) is 99.6 Å². The first-order valence-electron chi connectivity index (χ1n) is 15.3. The van der Waals surface area contributed by atoms with E-state index in [1.54, 1.807) is 0 Å². The highest BCUT2D eigenvalue weighted by molar-refractivity contribution is 6.14. The topological polar surface area (TPSA) is 65.0 Å². The zero-order chi connectivity index (χ0) is 30.2. The van der Waals surface area contributed by atoms with Crippen molar-refractivity contribution >= 4 is 65.4 Å². The van der Waals surface area contributed by atoms with Crippen molar-refractivity contribution in [3.05, 3.63) is 140 Å². The average Bonchev–Trinajstić information content (AvgIpc) is 3.70. The lowest BCUT2D eigenvalue weighted by Gasteiger charge is -2.12. The van der Waals surface area contributed by atoms with Crippen LogP contribution < -0.4 is 0 Å². The van der Waals surface area contributed by atoms with Crippen molar-refractivity contribution in [2.24, 2.45) is 0 Å². The van der Waals surface area contributed by atoms with Gasteiger partial charge in [0.1, 0.15) is 22.3 Å². The number of nitrogens with zero attached hydrogens (tertiary/aromatic N) is 3. The summed E-state index contributed by atoms with van der Waals surface area (Å²) in [5.74, 6) is 1.77. The Bertz CT molecular complexity index is 2700. The minimum atomic E-state index is 0.583. The van der Waals surface area contributed by atoms with Crippen molar-refractivity contribution in [2.75, 3.05) is 0 Å². The highest BCUT2D eigenvalue weighted by atomic mass is 16.3. The van der Waals surface area contributed by atoms with Gasteiger partial charge in [-0.15, -0.1) is 0 Å². The van der Waals surface area contributed by atoms with Gasteiger partial charge in [0.25, 0.3) is 0 Å². The summed E-state index contributed by atoms with van der Waals surface area (Å²) in [4.78, 5) is 15.6. The van der Waals surface area contributed by atoms with Gasteiger partial charge in [-0.05, 0) is 45.8 Å². The van der Waals surface area contributed by atoms with E-state index < -0.39 is 0 Å². The summed E-state index contributed by atoms with van der Waals surface area (Å²) in [6, 6.07) is 47.5. The smallest absolute Gasteiger partial charge is 0.164 e. The van der Waals surface area contributed by atoms with Gasteiger partial charge in [0.15, 0.2) is 17.5 Å². The number of para-hydroxylation sites is 2. The van der Waals surface area contributed by atoms with Crippen LogP contribution in [0.4, 0.5) is 0 Å². The lowest BCUT2D eigenvalue weighted by Crippen LogP contribution is -2.01. The van der Waals surface area contributed by atoms with Crippen LogP contribution in [0.3, 0.4) is 0 Å².